The number of amides is 3. The minimum absolute atomic E-state index is 0.0227. The van der Waals surface area contributed by atoms with Gasteiger partial charge in [-0.1, -0.05) is 110 Å². The van der Waals surface area contributed by atoms with Crippen LogP contribution in [0.1, 0.15) is 54.1 Å². The van der Waals surface area contributed by atoms with Crippen molar-refractivity contribution in [3.05, 3.63) is 155 Å². The molecule has 0 radical (unpaired) electrons. The average molecular weight is 774 g/mol. The minimum atomic E-state index is -0.835. The Bertz CT molecular complexity index is 2060. The highest BCUT2D eigenvalue weighted by atomic mass is 32.2. The number of methoxy groups -OCH3 is 1. The van der Waals surface area contributed by atoms with Crippen LogP contribution >= 0.6 is 11.8 Å². The zero-order valence-corrected chi connectivity index (χ0v) is 32.5. The predicted octanol–water partition coefficient (Wildman–Crippen LogP) is 7.97. The summed E-state index contributed by atoms with van der Waals surface area (Å²) in [7, 11) is 1.31. The molecule has 3 amide bonds. The first-order valence-corrected chi connectivity index (χ1v) is 19.5. The topological polar surface area (TPSA) is 135 Å². The second-order valence-corrected chi connectivity index (χ2v) is 14.8. The molecule has 4 N–H and O–H groups in total. The second-order valence-electron chi connectivity index (χ2n) is 13.7. The Kier molecular flexibility index (Phi) is 13.9. The first-order chi connectivity index (χ1) is 27.2. The SMILES string of the molecule is COC(=O)[C@H](Cc1ccccc1)NC(=O)NCc1ccccc1-c1ccc([C@@H]2O[C@H](CSc3ccc(NC(C)=O)cc3)[C@H](C)[C@H](c3ccc(CO)cc3)O2)cc1. The van der Waals surface area contributed by atoms with Gasteiger partial charge in [0.05, 0.1) is 25.9 Å². The lowest BCUT2D eigenvalue weighted by molar-refractivity contribution is -0.268. The van der Waals surface area contributed by atoms with E-state index in [9.17, 15) is 19.5 Å². The van der Waals surface area contributed by atoms with E-state index in [0.717, 1.165) is 49.5 Å². The van der Waals surface area contributed by atoms with Crippen molar-refractivity contribution in [2.45, 2.75) is 62.9 Å². The summed E-state index contributed by atoms with van der Waals surface area (Å²) in [6.07, 6.45) is -0.726. The van der Waals surface area contributed by atoms with Gasteiger partial charge in [-0.05, 0) is 57.6 Å². The molecule has 0 spiro atoms. The maximum absolute atomic E-state index is 13.0. The zero-order chi connectivity index (χ0) is 39.4. The highest BCUT2D eigenvalue weighted by Crippen LogP contribution is 2.43. The fraction of sp³-hybridized carbons (Fsp3) is 0.267. The molecule has 1 aliphatic rings. The molecule has 1 saturated heterocycles. The van der Waals surface area contributed by atoms with Crippen LogP contribution in [0.2, 0.25) is 0 Å². The van der Waals surface area contributed by atoms with Crippen LogP contribution in [-0.4, -0.2) is 48.0 Å². The third-order valence-electron chi connectivity index (χ3n) is 9.74. The number of thioether (sulfide) groups is 1. The molecule has 1 heterocycles. The van der Waals surface area contributed by atoms with Crippen LogP contribution in [0, 0.1) is 5.92 Å². The summed E-state index contributed by atoms with van der Waals surface area (Å²) in [6.45, 7) is 3.83. The van der Waals surface area contributed by atoms with Crippen molar-refractivity contribution in [1.29, 1.82) is 0 Å². The lowest BCUT2D eigenvalue weighted by Gasteiger charge is -2.41. The normalized spacial score (nSPS) is 18.4. The van der Waals surface area contributed by atoms with E-state index in [4.69, 9.17) is 14.2 Å². The summed E-state index contributed by atoms with van der Waals surface area (Å²) in [5.41, 5.74) is 7.18. The minimum Gasteiger partial charge on any atom is -0.467 e. The number of hydrogen-bond acceptors (Lipinski definition) is 8. The molecule has 0 unspecified atom stereocenters. The van der Waals surface area contributed by atoms with E-state index in [1.165, 1.54) is 14.0 Å². The molecular formula is C45H47N3O7S. The number of carbonyl (C=O) groups excluding carboxylic acids is 3. The van der Waals surface area contributed by atoms with Crippen LogP contribution in [0.3, 0.4) is 0 Å². The summed E-state index contributed by atoms with van der Waals surface area (Å²) < 4.78 is 18.3. The molecule has 0 aliphatic carbocycles. The number of esters is 1. The van der Waals surface area contributed by atoms with Gasteiger partial charge in [-0.15, -0.1) is 11.8 Å². The third-order valence-corrected chi connectivity index (χ3v) is 10.8. The Morgan fingerprint density at radius 3 is 2.16 bits per heavy atom. The molecule has 6 rings (SSSR count). The van der Waals surface area contributed by atoms with Gasteiger partial charge in [0.2, 0.25) is 5.91 Å². The van der Waals surface area contributed by atoms with Crippen LogP contribution in [-0.2, 0) is 43.4 Å². The van der Waals surface area contributed by atoms with E-state index in [-0.39, 0.29) is 37.2 Å². The molecule has 5 atom stereocenters. The van der Waals surface area contributed by atoms with Crippen molar-refractivity contribution < 1.29 is 33.7 Å². The van der Waals surface area contributed by atoms with Crippen LogP contribution < -0.4 is 16.0 Å². The van der Waals surface area contributed by atoms with E-state index in [0.29, 0.717) is 12.2 Å². The van der Waals surface area contributed by atoms with Gasteiger partial charge in [0.15, 0.2) is 6.29 Å². The van der Waals surface area contributed by atoms with Crippen molar-refractivity contribution in [3.8, 4) is 11.1 Å². The monoisotopic (exact) mass is 773 g/mol. The van der Waals surface area contributed by atoms with Crippen molar-refractivity contribution in [2.75, 3.05) is 18.2 Å². The van der Waals surface area contributed by atoms with Gasteiger partial charge in [-0.25, -0.2) is 9.59 Å². The highest BCUT2D eigenvalue weighted by molar-refractivity contribution is 7.99. The summed E-state index contributed by atoms with van der Waals surface area (Å²) in [5.74, 6) is 0.0777. The summed E-state index contributed by atoms with van der Waals surface area (Å²) in [4.78, 5) is 38.0. The molecular weight excluding hydrogens is 727 g/mol. The maximum atomic E-state index is 13.0. The number of rotatable bonds is 14. The lowest BCUT2D eigenvalue weighted by atomic mass is 9.91. The van der Waals surface area contributed by atoms with Crippen molar-refractivity contribution in [3.63, 3.8) is 0 Å². The van der Waals surface area contributed by atoms with Crippen LogP contribution in [0.25, 0.3) is 11.1 Å². The largest absolute Gasteiger partial charge is 0.467 e. The third kappa shape index (κ3) is 10.6. The zero-order valence-electron chi connectivity index (χ0n) is 31.6. The Hall–Kier alpha value is -5.46. The fourth-order valence-corrected chi connectivity index (χ4v) is 7.74. The summed E-state index contributed by atoms with van der Waals surface area (Å²) in [6, 6.07) is 39.7. The number of ether oxygens (including phenoxy) is 3. The molecule has 10 nitrogen and oxygen atoms in total. The molecule has 11 heteroatoms. The van der Waals surface area contributed by atoms with E-state index in [2.05, 4.69) is 22.9 Å². The smallest absolute Gasteiger partial charge is 0.328 e. The lowest BCUT2D eigenvalue weighted by Crippen LogP contribution is -2.47. The first-order valence-electron chi connectivity index (χ1n) is 18.6. The molecule has 1 fully saturated rings. The number of carbonyl (C=O) groups is 3. The molecule has 0 bridgehead atoms. The van der Waals surface area contributed by atoms with Gasteiger partial charge in [0, 0.05) is 47.7 Å². The standard InChI is InChI=1S/C45H47N3O7S/c1-29-41(28-56-38-23-21-37(22-24-38)47-30(2)50)54-44(55-42(29)34-15-13-32(27-49)14-16-34)35-19-17-33(18-20-35)39-12-8-7-11-36(39)26-46-45(52)48-40(43(51)53-3)25-31-9-5-4-6-10-31/h4-24,29,40-42,44,49H,25-28H2,1-3H3,(H,47,50)(H2,46,48,52)/t29-,40-,41+,42+,44+/m0/s1. The Morgan fingerprint density at radius 2 is 1.48 bits per heavy atom. The fourth-order valence-electron chi connectivity index (χ4n) is 6.67. The van der Waals surface area contributed by atoms with Crippen LogP contribution in [0.4, 0.5) is 10.5 Å². The Morgan fingerprint density at radius 1 is 0.804 bits per heavy atom. The number of anilines is 1. The molecule has 290 valence electrons. The molecule has 0 saturated carbocycles. The van der Waals surface area contributed by atoms with Gasteiger partial charge < -0.3 is 35.3 Å². The van der Waals surface area contributed by atoms with E-state index in [1.807, 2.05) is 127 Å². The molecule has 1 aliphatic heterocycles. The van der Waals surface area contributed by atoms with Gasteiger partial charge in [-0.2, -0.15) is 0 Å². The Labute approximate surface area is 332 Å². The van der Waals surface area contributed by atoms with Crippen molar-refractivity contribution >= 4 is 35.4 Å². The van der Waals surface area contributed by atoms with Crippen LogP contribution in [0.15, 0.2) is 132 Å². The number of aliphatic hydroxyl groups is 1. The Balaban J connectivity index is 1.15. The van der Waals surface area contributed by atoms with Crippen molar-refractivity contribution in [1.82, 2.24) is 10.6 Å². The van der Waals surface area contributed by atoms with Gasteiger partial charge >= 0.3 is 12.0 Å². The second kappa shape index (κ2) is 19.4. The average Bonchev–Trinajstić information content (AvgIpc) is 3.23. The number of nitrogens with one attached hydrogen (secondary N) is 3. The maximum Gasteiger partial charge on any atom is 0.328 e. The van der Waals surface area contributed by atoms with E-state index < -0.39 is 24.3 Å². The predicted molar refractivity (Wildman–Crippen MR) is 218 cm³/mol. The van der Waals surface area contributed by atoms with Crippen molar-refractivity contribution in [2.24, 2.45) is 5.92 Å². The first kappa shape index (κ1) is 40.2. The number of hydrogen-bond donors (Lipinski definition) is 4. The van der Waals surface area contributed by atoms with E-state index in [1.54, 1.807) is 11.8 Å². The molecule has 5 aromatic carbocycles. The number of benzene rings is 5. The highest BCUT2D eigenvalue weighted by Gasteiger charge is 2.38. The number of urea groups is 1. The molecule has 5 aromatic rings. The molecule has 56 heavy (non-hydrogen) atoms. The van der Waals surface area contributed by atoms with Gasteiger partial charge in [0.25, 0.3) is 0 Å². The van der Waals surface area contributed by atoms with Crippen LogP contribution in [0.5, 0.6) is 0 Å². The molecule has 0 aromatic heterocycles. The number of aliphatic hydroxyl groups excluding tert-OH is 1. The summed E-state index contributed by atoms with van der Waals surface area (Å²) >= 11 is 1.69. The quantitative estimate of drug-likeness (QED) is 0.0660. The summed E-state index contributed by atoms with van der Waals surface area (Å²) in [5, 5.41) is 18.1. The van der Waals surface area contributed by atoms with E-state index >= 15 is 0 Å². The van der Waals surface area contributed by atoms with Gasteiger partial charge in [0.1, 0.15) is 6.04 Å². The van der Waals surface area contributed by atoms with Gasteiger partial charge in [-0.3, -0.25) is 4.79 Å².